The summed E-state index contributed by atoms with van der Waals surface area (Å²) in [6, 6.07) is 24.7. The van der Waals surface area contributed by atoms with Crippen molar-refractivity contribution in [2.45, 2.75) is 38.9 Å². The van der Waals surface area contributed by atoms with Gasteiger partial charge in [-0.2, -0.15) is 0 Å². The number of rotatable bonds is 9. The molecule has 0 aliphatic carbocycles. The van der Waals surface area contributed by atoms with Crippen LogP contribution in [-0.2, 0) is 17.9 Å². The maximum Gasteiger partial charge on any atom is 0.335 e. The minimum Gasteiger partial charge on any atom is -0.478 e. The van der Waals surface area contributed by atoms with Gasteiger partial charge in [0, 0.05) is 39.3 Å². The monoisotopic (exact) mass is 515 g/mol. The molecule has 1 fully saturated rings. The third-order valence-electron chi connectivity index (χ3n) is 7.28. The maximum atomic E-state index is 13.6. The fraction of sp³-hybridized carbons (Fsp3) is 0.355. The van der Waals surface area contributed by atoms with Crippen molar-refractivity contribution < 1.29 is 19.4 Å². The number of hydrogen-bond donors (Lipinski definition) is 1. The van der Waals surface area contributed by atoms with Crippen molar-refractivity contribution in [3.63, 3.8) is 0 Å². The Bertz CT molecular complexity index is 1210. The molecule has 1 N–H and O–H groups in total. The van der Waals surface area contributed by atoms with E-state index < -0.39 is 11.5 Å². The van der Waals surface area contributed by atoms with Gasteiger partial charge in [0.25, 0.3) is 0 Å². The molecule has 7 nitrogen and oxygen atoms in total. The first-order valence-corrected chi connectivity index (χ1v) is 13.1. The second-order valence-electron chi connectivity index (χ2n) is 10.4. The summed E-state index contributed by atoms with van der Waals surface area (Å²) in [5, 5.41) is 9.11. The molecule has 38 heavy (non-hydrogen) atoms. The highest BCUT2D eigenvalue weighted by Gasteiger charge is 2.36. The summed E-state index contributed by atoms with van der Waals surface area (Å²) < 4.78 is 5.89. The molecule has 1 saturated heterocycles. The predicted octanol–water partition coefficient (Wildman–Crippen LogP) is 5.12. The van der Waals surface area contributed by atoms with Gasteiger partial charge < -0.3 is 14.7 Å². The van der Waals surface area contributed by atoms with Crippen LogP contribution in [0.4, 0.5) is 0 Å². The van der Waals surface area contributed by atoms with Crippen molar-refractivity contribution in [1.29, 1.82) is 0 Å². The summed E-state index contributed by atoms with van der Waals surface area (Å²) in [7, 11) is 2.00. The molecule has 0 bridgehead atoms. The van der Waals surface area contributed by atoms with E-state index in [4.69, 9.17) is 9.84 Å². The number of carbonyl (C=O) groups excluding carboxylic acids is 1. The van der Waals surface area contributed by atoms with Crippen molar-refractivity contribution in [3.05, 3.63) is 95.6 Å². The quantitative estimate of drug-likeness (QED) is 0.426. The summed E-state index contributed by atoms with van der Waals surface area (Å²) in [6.07, 6.45) is 0.904. The average Bonchev–Trinajstić information content (AvgIpc) is 3.15. The van der Waals surface area contributed by atoms with Gasteiger partial charge in [-0.05, 0) is 74.8 Å². The topological polar surface area (TPSA) is 73.3 Å². The normalized spacial score (nSPS) is 14.8. The van der Waals surface area contributed by atoms with Gasteiger partial charge in [-0.25, -0.2) is 4.79 Å². The molecule has 1 aliphatic rings. The van der Waals surface area contributed by atoms with Crippen LogP contribution in [0, 0.1) is 0 Å². The largest absolute Gasteiger partial charge is 0.478 e. The first-order valence-electron chi connectivity index (χ1n) is 13.1. The smallest absolute Gasteiger partial charge is 0.335 e. The summed E-state index contributed by atoms with van der Waals surface area (Å²) in [5.41, 5.74) is 1.84. The van der Waals surface area contributed by atoms with Crippen LogP contribution >= 0.6 is 0 Å². The van der Waals surface area contributed by atoms with Crippen molar-refractivity contribution in [3.8, 4) is 11.5 Å². The Labute approximate surface area is 225 Å². The fourth-order valence-corrected chi connectivity index (χ4v) is 4.65. The Hall–Kier alpha value is -3.68. The number of benzene rings is 3. The molecule has 0 radical (unpaired) electrons. The highest BCUT2D eigenvalue weighted by atomic mass is 16.5. The Kier molecular flexibility index (Phi) is 8.81. The molecular weight excluding hydrogens is 478 g/mol. The van der Waals surface area contributed by atoms with E-state index in [-0.39, 0.29) is 5.91 Å². The maximum absolute atomic E-state index is 13.6. The lowest BCUT2D eigenvalue weighted by molar-refractivity contribution is -0.142. The number of ether oxygens (including phenoxy) is 1. The number of carbonyl (C=O) groups is 2. The SMILES string of the molecule is CN(Cc1ccc(Oc2ccccc2)cc1)C(C)(C)C(=O)N1CCCN(Cc2ccc(C(=O)O)cc2)CC1. The van der Waals surface area contributed by atoms with Crippen molar-refractivity contribution in [1.82, 2.24) is 14.7 Å². The Morgan fingerprint density at radius 2 is 1.47 bits per heavy atom. The first-order chi connectivity index (χ1) is 18.2. The first kappa shape index (κ1) is 27.4. The third-order valence-corrected chi connectivity index (χ3v) is 7.28. The van der Waals surface area contributed by atoms with Crippen LogP contribution in [0.5, 0.6) is 11.5 Å². The number of amides is 1. The molecule has 4 rings (SSSR count). The van der Waals surface area contributed by atoms with Crippen LogP contribution in [-0.4, -0.2) is 70.4 Å². The van der Waals surface area contributed by atoms with Gasteiger partial charge in [-0.1, -0.05) is 42.5 Å². The van der Waals surface area contributed by atoms with E-state index in [2.05, 4.69) is 9.80 Å². The number of nitrogens with zero attached hydrogens (tertiary/aromatic N) is 3. The minimum absolute atomic E-state index is 0.136. The number of carboxylic acid groups (broad SMARTS) is 1. The van der Waals surface area contributed by atoms with E-state index in [1.165, 1.54) is 0 Å². The summed E-state index contributed by atoms with van der Waals surface area (Å²) in [5.74, 6) is 0.805. The van der Waals surface area contributed by atoms with Gasteiger partial charge in [-0.15, -0.1) is 0 Å². The summed E-state index contributed by atoms with van der Waals surface area (Å²) >= 11 is 0. The third kappa shape index (κ3) is 7.00. The van der Waals surface area contributed by atoms with E-state index in [1.807, 2.05) is 92.5 Å². The average molecular weight is 516 g/mol. The lowest BCUT2D eigenvalue weighted by atomic mass is 10.00. The Morgan fingerprint density at radius 3 is 2.13 bits per heavy atom. The number of likely N-dealkylation sites (N-methyl/N-ethyl adjacent to an activating group) is 1. The van der Waals surface area contributed by atoms with Gasteiger partial charge in [0.15, 0.2) is 0 Å². The molecule has 3 aromatic rings. The molecule has 7 heteroatoms. The fourth-order valence-electron chi connectivity index (χ4n) is 4.65. The minimum atomic E-state index is -0.915. The molecule has 0 aromatic heterocycles. The molecule has 1 amide bonds. The van der Waals surface area contributed by atoms with Crippen LogP contribution in [0.2, 0.25) is 0 Å². The van der Waals surface area contributed by atoms with E-state index in [0.717, 1.165) is 55.2 Å². The second kappa shape index (κ2) is 12.2. The van der Waals surface area contributed by atoms with Crippen LogP contribution in [0.3, 0.4) is 0 Å². The molecule has 1 aliphatic heterocycles. The lowest BCUT2D eigenvalue weighted by Gasteiger charge is -2.38. The molecule has 0 atom stereocenters. The molecule has 0 spiro atoms. The van der Waals surface area contributed by atoms with E-state index in [1.54, 1.807) is 12.1 Å². The number of para-hydroxylation sites is 1. The molecule has 200 valence electrons. The standard InChI is InChI=1S/C31H37N3O4/c1-31(2,32(3)22-24-12-16-28(17-13-24)38-27-8-5-4-6-9-27)30(37)34-19-7-18-33(20-21-34)23-25-10-14-26(15-11-25)29(35)36/h4-6,8-17H,7,18-23H2,1-3H3,(H,35,36). The zero-order chi connectivity index (χ0) is 27.1. The Balaban J connectivity index is 1.30. The number of aromatic carboxylic acids is 1. The highest BCUT2D eigenvalue weighted by molar-refractivity contribution is 5.87. The van der Waals surface area contributed by atoms with E-state index in [0.29, 0.717) is 18.7 Å². The van der Waals surface area contributed by atoms with Gasteiger partial charge >= 0.3 is 5.97 Å². The predicted molar refractivity (Wildman–Crippen MR) is 148 cm³/mol. The van der Waals surface area contributed by atoms with Gasteiger partial charge in [-0.3, -0.25) is 14.6 Å². The Morgan fingerprint density at radius 1 is 0.842 bits per heavy atom. The van der Waals surface area contributed by atoms with Crippen molar-refractivity contribution in [2.24, 2.45) is 0 Å². The molecule has 0 unspecified atom stereocenters. The van der Waals surface area contributed by atoms with Crippen LogP contribution < -0.4 is 4.74 Å². The van der Waals surface area contributed by atoms with Crippen LogP contribution in [0.15, 0.2) is 78.9 Å². The van der Waals surface area contributed by atoms with Gasteiger partial charge in [0.05, 0.1) is 11.1 Å². The number of carboxylic acids is 1. The summed E-state index contributed by atoms with van der Waals surface area (Å²) in [4.78, 5) is 31.1. The second-order valence-corrected chi connectivity index (χ2v) is 10.4. The van der Waals surface area contributed by atoms with Gasteiger partial charge in [0.1, 0.15) is 11.5 Å². The van der Waals surface area contributed by atoms with Crippen LogP contribution in [0.1, 0.15) is 41.8 Å². The molecule has 0 saturated carbocycles. The molecule has 3 aromatic carbocycles. The number of hydrogen-bond acceptors (Lipinski definition) is 5. The van der Waals surface area contributed by atoms with Gasteiger partial charge in [0.2, 0.25) is 5.91 Å². The lowest BCUT2D eigenvalue weighted by Crippen LogP contribution is -2.55. The zero-order valence-electron chi connectivity index (χ0n) is 22.5. The van der Waals surface area contributed by atoms with Crippen molar-refractivity contribution >= 4 is 11.9 Å². The molecular formula is C31H37N3O4. The van der Waals surface area contributed by atoms with E-state index >= 15 is 0 Å². The van der Waals surface area contributed by atoms with Crippen LogP contribution in [0.25, 0.3) is 0 Å². The highest BCUT2D eigenvalue weighted by Crippen LogP contribution is 2.24. The van der Waals surface area contributed by atoms with Crippen molar-refractivity contribution in [2.75, 3.05) is 33.2 Å². The van der Waals surface area contributed by atoms with E-state index in [9.17, 15) is 9.59 Å². The molecule has 1 heterocycles. The zero-order valence-corrected chi connectivity index (χ0v) is 22.5. The summed E-state index contributed by atoms with van der Waals surface area (Å²) in [6.45, 7) is 8.48.